The Morgan fingerprint density at radius 2 is 2.18 bits per heavy atom. The molecule has 0 saturated carbocycles. The number of nitrogens with two attached hydrogens (primary N) is 1. The van der Waals surface area contributed by atoms with E-state index < -0.39 is 5.69 Å². The van der Waals surface area contributed by atoms with Crippen LogP contribution >= 0.6 is 15.9 Å². The maximum absolute atomic E-state index is 12.1. The Morgan fingerprint density at radius 3 is 2.82 bits per heavy atom. The molecule has 2 aromatic rings. The summed E-state index contributed by atoms with van der Waals surface area (Å²) in [4.78, 5) is 26.6. The van der Waals surface area contributed by atoms with Gasteiger partial charge in [-0.1, -0.05) is 6.07 Å². The predicted molar refractivity (Wildman–Crippen MR) is 70.2 cm³/mol. The van der Waals surface area contributed by atoms with E-state index >= 15 is 0 Å². The van der Waals surface area contributed by atoms with Crippen LogP contribution in [0.25, 0.3) is 10.9 Å². The number of nitrogens with one attached hydrogen (secondary N) is 1. The molecule has 0 aliphatic carbocycles. The predicted octanol–water partition coefficient (Wildman–Crippen LogP) is 0.800. The second-order valence-corrected chi connectivity index (χ2v) is 4.84. The summed E-state index contributed by atoms with van der Waals surface area (Å²) < 4.78 is 1.82. The van der Waals surface area contributed by atoms with Crippen LogP contribution in [-0.4, -0.2) is 15.6 Å². The molecule has 1 aromatic heterocycles. The Kier molecular flexibility index (Phi) is 3.17. The highest BCUT2D eigenvalue weighted by atomic mass is 79.9. The summed E-state index contributed by atoms with van der Waals surface area (Å²) in [5, 5.41) is 0.472. The number of nitrogens with zero attached hydrogens (tertiary/aromatic N) is 1. The molecule has 1 heterocycles. The minimum Gasteiger partial charge on any atom is -0.326 e. The van der Waals surface area contributed by atoms with Gasteiger partial charge in [0.2, 0.25) is 0 Å². The fraction of sp³-hybridized carbons (Fsp3) is 0.273. The maximum Gasteiger partial charge on any atom is 0.328 e. The first kappa shape index (κ1) is 12.1. The number of H-pyrrole nitrogens is 1. The number of para-hydroxylation sites is 1. The van der Waals surface area contributed by atoms with Crippen LogP contribution in [0, 0.1) is 0 Å². The molecule has 1 unspecified atom stereocenters. The maximum atomic E-state index is 12.1. The average molecular weight is 298 g/mol. The van der Waals surface area contributed by atoms with Crippen molar-refractivity contribution in [2.75, 3.05) is 0 Å². The molecule has 0 aliphatic heterocycles. The Hall–Kier alpha value is -1.40. The average Bonchev–Trinajstić information content (AvgIpc) is 2.26. The van der Waals surface area contributed by atoms with Crippen LogP contribution in [0.1, 0.15) is 6.92 Å². The minimum atomic E-state index is -0.438. The third-order valence-electron chi connectivity index (χ3n) is 2.44. The SMILES string of the molecule is CC(N)Cn1c(=O)[nH]c2c(Br)cccc2c1=O. The third kappa shape index (κ3) is 2.18. The van der Waals surface area contributed by atoms with Crippen molar-refractivity contribution in [2.24, 2.45) is 5.73 Å². The second kappa shape index (κ2) is 4.46. The summed E-state index contributed by atoms with van der Waals surface area (Å²) in [6.45, 7) is 1.95. The standard InChI is InChI=1S/C11H12BrN3O2/c1-6(13)5-15-10(16)7-3-2-4-8(12)9(7)14-11(15)17/h2-4,6H,5,13H2,1H3,(H,14,17). The van der Waals surface area contributed by atoms with E-state index in [1.807, 2.05) is 0 Å². The van der Waals surface area contributed by atoms with Gasteiger partial charge >= 0.3 is 5.69 Å². The lowest BCUT2D eigenvalue weighted by molar-refractivity contribution is 0.554. The molecule has 0 radical (unpaired) electrons. The van der Waals surface area contributed by atoms with Crippen molar-refractivity contribution >= 4 is 26.8 Å². The summed E-state index contributed by atoms with van der Waals surface area (Å²) >= 11 is 3.30. The summed E-state index contributed by atoms with van der Waals surface area (Å²) in [5.41, 5.74) is 5.38. The lowest BCUT2D eigenvalue weighted by atomic mass is 10.2. The summed E-state index contributed by atoms with van der Waals surface area (Å²) in [5.74, 6) is 0. The van der Waals surface area contributed by atoms with Gasteiger partial charge in [0.25, 0.3) is 5.56 Å². The van der Waals surface area contributed by atoms with Crippen molar-refractivity contribution in [1.82, 2.24) is 9.55 Å². The van der Waals surface area contributed by atoms with Crippen LogP contribution in [0.15, 0.2) is 32.3 Å². The number of fused-ring (bicyclic) bond motifs is 1. The Balaban J connectivity index is 2.82. The molecule has 90 valence electrons. The topological polar surface area (TPSA) is 80.9 Å². The Morgan fingerprint density at radius 1 is 1.47 bits per heavy atom. The molecular weight excluding hydrogens is 286 g/mol. The number of benzene rings is 1. The molecule has 0 aliphatic rings. The van der Waals surface area contributed by atoms with Crippen molar-refractivity contribution in [2.45, 2.75) is 19.5 Å². The van der Waals surface area contributed by atoms with Gasteiger partial charge in [0.15, 0.2) is 0 Å². The molecule has 6 heteroatoms. The third-order valence-corrected chi connectivity index (χ3v) is 3.10. The molecule has 5 nitrogen and oxygen atoms in total. The first-order valence-electron chi connectivity index (χ1n) is 5.17. The molecule has 0 fully saturated rings. The quantitative estimate of drug-likeness (QED) is 0.860. The van der Waals surface area contributed by atoms with Crippen LogP contribution in [-0.2, 0) is 6.54 Å². The molecule has 0 amide bonds. The van der Waals surface area contributed by atoms with Crippen molar-refractivity contribution in [3.8, 4) is 0 Å². The number of aromatic amines is 1. The van der Waals surface area contributed by atoms with Gasteiger partial charge in [-0.25, -0.2) is 4.79 Å². The van der Waals surface area contributed by atoms with Crippen LogP contribution in [0.2, 0.25) is 0 Å². The van der Waals surface area contributed by atoms with Crippen LogP contribution in [0.4, 0.5) is 0 Å². The van der Waals surface area contributed by atoms with Gasteiger partial charge in [0.1, 0.15) is 0 Å². The van der Waals surface area contributed by atoms with Crippen LogP contribution < -0.4 is 17.0 Å². The molecule has 3 N–H and O–H groups in total. The molecule has 2 rings (SSSR count). The monoisotopic (exact) mass is 297 g/mol. The molecular formula is C11H12BrN3O2. The number of hydrogen-bond donors (Lipinski definition) is 2. The normalized spacial score (nSPS) is 12.9. The molecule has 1 atom stereocenters. The smallest absolute Gasteiger partial charge is 0.326 e. The second-order valence-electron chi connectivity index (χ2n) is 3.99. The zero-order valence-corrected chi connectivity index (χ0v) is 10.8. The van der Waals surface area contributed by atoms with E-state index in [9.17, 15) is 9.59 Å². The highest BCUT2D eigenvalue weighted by Crippen LogP contribution is 2.17. The molecule has 0 saturated heterocycles. The molecule has 0 bridgehead atoms. The first-order valence-corrected chi connectivity index (χ1v) is 5.97. The van der Waals surface area contributed by atoms with Crippen LogP contribution in [0.5, 0.6) is 0 Å². The Bertz CT molecular complexity index is 672. The van der Waals surface area contributed by atoms with Crippen molar-refractivity contribution in [3.63, 3.8) is 0 Å². The van der Waals surface area contributed by atoms with E-state index in [1.54, 1.807) is 25.1 Å². The largest absolute Gasteiger partial charge is 0.328 e. The van der Waals surface area contributed by atoms with Crippen molar-refractivity contribution in [1.29, 1.82) is 0 Å². The van der Waals surface area contributed by atoms with E-state index in [4.69, 9.17) is 5.73 Å². The van der Waals surface area contributed by atoms with E-state index in [0.29, 0.717) is 15.4 Å². The molecule has 0 spiro atoms. The highest BCUT2D eigenvalue weighted by Gasteiger charge is 2.10. The highest BCUT2D eigenvalue weighted by molar-refractivity contribution is 9.10. The fourth-order valence-electron chi connectivity index (χ4n) is 1.70. The Labute approximate surface area is 105 Å². The summed E-state index contributed by atoms with van der Waals surface area (Å²) in [6, 6.07) is 4.95. The van der Waals surface area contributed by atoms with E-state index in [1.165, 1.54) is 0 Å². The van der Waals surface area contributed by atoms with E-state index in [0.717, 1.165) is 4.57 Å². The molecule has 1 aromatic carbocycles. The lowest BCUT2D eigenvalue weighted by Crippen LogP contribution is -2.39. The number of aromatic nitrogens is 2. The number of hydrogen-bond acceptors (Lipinski definition) is 3. The zero-order chi connectivity index (χ0) is 12.6. The van der Waals surface area contributed by atoms with Gasteiger partial charge in [0.05, 0.1) is 10.9 Å². The van der Waals surface area contributed by atoms with Gasteiger partial charge in [-0.3, -0.25) is 9.36 Å². The summed E-state index contributed by atoms with van der Waals surface area (Å²) in [7, 11) is 0. The fourth-order valence-corrected chi connectivity index (χ4v) is 2.16. The van der Waals surface area contributed by atoms with Crippen molar-refractivity contribution < 1.29 is 0 Å². The first-order chi connectivity index (χ1) is 8.00. The van der Waals surface area contributed by atoms with Gasteiger partial charge < -0.3 is 10.7 Å². The van der Waals surface area contributed by atoms with Crippen molar-refractivity contribution in [3.05, 3.63) is 43.5 Å². The van der Waals surface area contributed by atoms with Gasteiger partial charge in [-0.05, 0) is 35.0 Å². The zero-order valence-electron chi connectivity index (χ0n) is 9.24. The lowest BCUT2D eigenvalue weighted by Gasteiger charge is -2.09. The van der Waals surface area contributed by atoms with E-state index in [-0.39, 0.29) is 18.1 Å². The van der Waals surface area contributed by atoms with E-state index in [2.05, 4.69) is 20.9 Å². The van der Waals surface area contributed by atoms with Gasteiger partial charge in [0, 0.05) is 17.1 Å². The number of halogens is 1. The number of rotatable bonds is 2. The molecule has 17 heavy (non-hydrogen) atoms. The summed E-state index contributed by atoms with van der Waals surface area (Å²) in [6.07, 6.45) is 0. The van der Waals surface area contributed by atoms with Crippen LogP contribution in [0.3, 0.4) is 0 Å². The van der Waals surface area contributed by atoms with Gasteiger partial charge in [-0.15, -0.1) is 0 Å². The van der Waals surface area contributed by atoms with Gasteiger partial charge in [-0.2, -0.15) is 0 Å². The minimum absolute atomic E-state index is 0.205.